The van der Waals surface area contributed by atoms with Crippen LogP contribution >= 0.6 is 11.6 Å². The maximum absolute atomic E-state index is 11.6. The Balaban J connectivity index is 2.63. The topological polar surface area (TPSA) is 88.5 Å². The quantitative estimate of drug-likeness (QED) is 0.816. The van der Waals surface area contributed by atoms with E-state index in [1.54, 1.807) is 6.92 Å². The molecule has 18 heavy (non-hydrogen) atoms. The number of hydrogen-bond donors (Lipinski definition) is 2. The molecule has 1 heterocycles. The Morgan fingerprint density at radius 1 is 1.56 bits per heavy atom. The maximum atomic E-state index is 11.6. The molecular formula is C11H13ClN2O4. The number of rotatable bonds is 6. The van der Waals surface area contributed by atoms with E-state index < -0.39 is 11.9 Å². The van der Waals surface area contributed by atoms with Crippen molar-refractivity contribution in [3.8, 4) is 5.88 Å². The number of carbonyl (C=O) groups is 2. The summed E-state index contributed by atoms with van der Waals surface area (Å²) in [7, 11) is 0. The monoisotopic (exact) mass is 272 g/mol. The highest BCUT2D eigenvalue weighted by Crippen LogP contribution is 2.22. The molecule has 0 saturated heterocycles. The molecule has 0 fully saturated rings. The fourth-order valence-electron chi connectivity index (χ4n) is 1.18. The van der Waals surface area contributed by atoms with Crippen molar-refractivity contribution in [1.82, 2.24) is 10.3 Å². The van der Waals surface area contributed by atoms with E-state index in [4.69, 9.17) is 21.4 Å². The summed E-state index contributed by atoms with van der Waals surface area (Å²) in [4.78, 5) is 25.8. The van der Waals surface area contributed by atoms with Crippen LogP contribution in [0.15, 0.2) is 12.3 Å². The standard InChI is InChI=1S/C11H13ClN2O4/c1-2-18-11-8(12)5-7(6-14-11)10(17)13-4-3-9(15)16/h5-6H,2-4H2,1H3,(H,13,17)(H,15,16). The second-order valence-electron chi connectivity index (χ2n) is 3.34. The van der Waals surface area contributed by atoms with Crippen LogP contribution in [0.5, 0.6) is 5.88 Å². The summed E-state index contributed by atoms with van der Waals surface area (Å²) >= 11 is 5.88. The average Bonchev–Trinajstić information content (AvgIpc) is 2.31. The molecule has 6 nitrogen and oxygen atoms in total. The number of halogens is 1. The molecule has 1 aromatic rings. The van der Waals surface area contributed by atoms with Gasteiger partial charge in [-0.25, -0.2) is 4.98 Å². The molecule has 1 rings (SSSR count). The summed E-state index contributed by atoms with van der Waals surface area (Å²) < 4.78 is 5.13. The molecule has 0 bridgehead atoms. The van der Waals surface area contributed by atoms with Gasteiger partial charge in [-0.2, -0.15) is 0 Å². The molecule has 0 saturated carbocycles. The zero-order valence-electron chi connectivity index (χ0n) is 9.77. The molecule has 0 atom stereocenters. The second kappa shape index (κ2) is 6.80. The molecular weight excluding hydrogens is 260 g/mol. The summed E-state index contributed by atoms with van der Waals surface area (Å²) in [6, 6.07) is 1.43. The van der Waals surface area contributed by atoms with Crippen molar-refractivity contribution < 1.29 is 19.4 Å². The largest absolute Gasteiger partial charge is 0.481 e. The third-order valence-electron chi connectivity index (χ3n) is 1.98. The lowest BCUT2D eigenvalue weighted by Gasteiger charge is -2.07. The molecule has 1 amide bonds. The highest BCUT2D eigenvalue weighted by molar-refractivity contribution is 6.32. The van der Waals surface area contributed by atoms with Gasteiger partial charge in [0, 0.05) is 12.7 Å². The lowest BCUT2D eigenvalue weighted by atomic mass is 10.2. The van der Waals surface area contributed by atoms with E-state index in [2.05, 4.69) is 10.3 Å². The third kappa shape index (κ3) is 4.21. The van der Waals surface area contributed by atoms with Crippen molar-refractivity contribution in [2.75, 3.05) is 13.2 Å². The van der Waals surface area contributed by atoms with Crippen LogP contribution < -0.4 is 10.1 Å². The number of aliphatic carboxylic acids is 1. The number of pyridine rings is 1. The summed E-state index contributed by atoms with van der Waals surface area (Å²) in [5, 5.41) is 11.1. The molecule has 0 aliphatic rings. The number of aromatic nitrogens is 1. The average molecular weight is 273 g/mol. The van der Waals surface area contributed by atoms with E-state index in [9.17, 15) is 9.59 Å². The van der Waals surface area contributed by atoms with Gasteiger partial charge in [-0.3, -0.25) is 9.59 Å². The normalized spacial score (nSPS) is 9.89. The van der Waals surface area contributed by atoms with Gasteiger partial charge in [0.2, 0.25) is 5.88 Å². The first-order valence-electron chi connectivity index (χ1n) is 5.33. The molecule has 7 heteroatoms. The molecule has 1 aromatic heterocycles. The van der Waals surface area contributed by atoms with Gasteiger partial charge in [0.05, 0.1) is 18.6 Å². The van der Waals surface area contributed by atoms with Crippen LogP contribution in [0.25, 0.3) is 0 Å². The van der Waals surface area contributed by atoms with E-state index in [0.29, 0.717) is 6.61 Å². The molecule has 0 spiro atoms. The summed E-state index contributed by atoms with van der Waals surface area (Å²) in [6.07, 6.45) is 1.19. The number of nitrogens with one attached hydrogen (secondary N) is 1. The van der Waals surface area contributed by atoms with Gasteiger partial charge >= 0.3 is 5.97 Å². The van der Waals surface area contributed by atoms with Crippen molar-refractivity contribution >= 4 is 23.5 Å². The minimum absolute atomic E-state index is 0.0546. The molecule has 0 radical (unpaired) electrons. The summed E-state index contributed by atoms with van der Waals surface area (Å²) in [6.45, 7) is 2.28. The van der Waals surface area contributed by atoms with E-state index in [1.165, 1.54) is 12.3 Å². The lowest BCUT2D eigenvalue weighted by Crippen LogP contribution is -2.26. The SMILES string of the molecule is CCOc1ncc(C(=O)NCCC(=O)O)cc1Cl. The Morgan fingerprint density at radius 3 is 2.83 bits per heavy atom. The van der Waals surface area contributed by atoms with Crippen LogP contribution in [0.1, 0.15) is 23.7 Å². The number of ether oxygens (including phenoxy) is 1. The highest BCUT2D eigenvalue weighted by Gasteiger charge is 2.10. The number of carboxylic acids is 1. The van der Waals surface area contributed by atoms with E-state index >= 15 is 0 Å². The first kappa shape index (κ1) is 14.2. The first-order chi connectivity index (χ1) is 8.54. The Hall–Kier alpha value is -1.82. The molecule has 0 unspecified atom stereocenters. The van der Waals surface area contributed by atoms with Crippen LogP contribution in [0.2, 0.25) is 5.02 Å². The fourth-order valence-corrected chi connectivity index (χ4v) is 1.40. The van der Waals surface area contributed by atoms with Crippen molar-refractivity contribution in [1.29, 1.82) is 0 Å². The summed E-state index contributed by atoms with van der Waals surface area (Å²) in [5.41, 5.74) is 0.258. The van der Waals surface area contributed by atoms with E-state index in [1.807, 2.05) is 0 Å². The molecule has 0 aliphatic carbocycles. The predicted molar refractivity (Wildman–Crippen MR) is 65.0 cm³/mol. The Labute approximate surface area is 109 Å². The van der Waals surface area contributed by atoms with Crippen molar-refractivity contribution in [3.05, 3.63) is 22.8 Å². The Kier molecular flexibility index (Phi) is 5.38. The van der Waals surface area contributed by atoms with Gasteiger partial charge in [-0.1, -0.05) is 11.6 Å². The second-order valence-corrected chi connectivity index (χ2v) is 3.75. The Bertz CT molecular complexity index is 451. The van der Waals surface area contributed by atoms with Crippen LogP contribution in [-0.4, -0.2) is 35.1 Å². The number of hydrogen-bond acceptors (Lipinski definition) is 4. The van der Waals surface area contributed by atoms with Gasteiger partial charge < -0.3 is 15.2 Å². The smallest absolute Gasteiger partial charge is 0.305 e. The fraction of sp³-hybridized carbons (Fsp3) is 0.364. The molecule has 2 N–H and O–H groups in total. The summed E-state index contributed by atoms with van der Waals surface area (Å²) in [5.74, 6) is -1.13. The minimum atomic E-state index is -0.974. The third-order valence-corrected chi connectivity index (χ3v) is 2.25. The first-order valence-corrected chi connectivity index (χ1v) is 5.70. The van der Waals surface area contributed by atoms with Gasteiger partial charge in [0.25, 0.3) is 5.91 Å². The van der Waals surface area contributed by atoms with Crippen LogP contribution in [-0.2, 0) is 4.79 Å². The van der Waals surface area contributed by atoms with E-state index in [-0.39, 0.29) is 29.4 Å². The molecule has 0 aromatic carbocycles. The number of nitrogens with zero attached hydrogens (tertiary/aromatic N) is 1. The Morgan fingerprint density at radius 2 is 2.28 bits per heavy atom. The maximum Gasteiger partial charge on any atom is 0.305 e. The van der Waals surface area contributed by atoms with Gasteiger partial charge in [-0.05, 0) is 13.0 Å². The van der Waals surface area contributed by atoms with Crippen molar-refractivity contribution in [2.24, 2.45) is 0 Å². The van der Waals surface area contributed by atoms with Crippen LogP contribution in [0.3, 0.4) is 0 Å². The zero-order valence-corrected chi connectivity index (χ0v) is 10.5. The number of amides is 1. The predicted octanol–water partition coefficient (Wildman–Crippen LogP) is 1.34. The number of carboxylic acid groups (broad SMARTS) is 1. The van der Waals surface area contributed by atoms with Crippen molar-refractivity contribution in [2.45, 2.75) is 13.3 Å². The van der Waals surface area contributed by atoms with Gasteiger partial charge in [0.1, 0.15) is 5.02 Å². The minimum Gasteiger partial charge on any atom is -0.481 e. The van der Waals surface area contributed by atoms with Gasteiger partial charge in [-0.15, -0.1) is 0 Å². The van der Waals surface area contributed by atoms with Crippen LogP contribution in [0.4, 0.5) is 0 Å². The molecule has 98 valence electrons. The zero-order chi connectivity index (χ0) is 13.5. The van der Waals surface area contributed by atoms with E-state index in [0.717, 1.165) is 0 Å². The van der Waals surface area contributed by atoms with Crippen LogP contribution in [0, 0.1) is 0 Å². The lowest BCUT2D eigenvalue weighted by molar-refractivity contribution is -0.136. The molecule has 0 aliphatic heterocycles. The van der Waals surface area contributed by atoms with Gasteiger partial charge in [0.15, 0.2) is 0 Å². The highest BCUT2D eigenvalue weighted by atomic mass is 35.5. The van der Waals surface area contributed by atoms with Crippen molar-refractivity contribution in [3.63, 3.8) is 0 Å². The number of carbonyl (C=O) groups excluding carboxylic acids is 1.